The third-order valence-electron chi connectivity index (χ3n) is 3.20. The first-order valence-electron chi connectivity index (χ1n) is 6.99. The van der Waals surface area contributed by atoms with Gasteiger partial charge in [-0.05, 0) is 31.2 Å². The van der Waals surface area contributed by atoms with Gasteiger partial charge < -0.3 is 5.32 Å². The van der Waals surface area contributed by atoms with Crippen LogP contribution in [-0.4, -0.2) is 20.6 Å². The maximum Gasteiger partial charge on any atom is 0.251 e. The Bertz CT molecular complexity index is 869. The van der Waals surface area contributed by atoms with Gasteiger partial charge >= 0.3 is 0 Å². The SMILES string of the molecule is C[C@H](NC(=O)c1cccc(NS(C)(=O)=O)c1)c1ccc(F)cc1F. The molecule has 0 saturated carbocycles. The molecule has 0 unspecified atom stereocenters. The van der Waals surface area contributed by atoms with Gasteiger partial charge in [-0.25, -0.2) is 17.2 Å². The maximum atomic E-state index is 13.7. The highest BCUT2D eigenvalue weighted by Crippen LogP contribution is 2.19. The number of anilines is 1. The molecule has 128 valence electrons. The molecule has 0 fully saturated rings. The van der Waals surface area contributed by atoms with Gasteiger partial charge in [0.2, 0.25) is 10.0 Å². The van der Waals surface area contributed by atoms with Gasteiger partial charge in [-0.1, -0.05) is 12.1 Å². The highest BCUT2D eigenvalue weighted by molar-refractivity contribution is 7.92. The fourth-order valence-electron chi connectivity index (χ4n) is 2.15. The van der Waals surface area contributed by atoms with E-state index in [2.05, 4.69) is 10.0 Å². The number of carbonyl (C=O) groups excluding carboxylic acids is 1. The molecule has 0 aromatic heterocycles. The van der Waals surface area contributed by atoms with Crippen LogP contribution in [0.15, 0.2) is 42.5 Å². The van der Waals surface area contributed by atoms with Gasteiger partial charge in [-0.15, -0.1) is 0 Å². The molecule has 0 aliphatic heterocycles. The zero-order valence-electron chi connectivity index (χ0n) is 13.0. The lowest BCUT2D eigenvalue weighted by Gasteiger charge is -2.15. The molecule has 2 aromatic carbocycles. The van der Waals surface area contributed by atoms with Crippen LogP contribution in [0.1, 0.15) is 28.9 Å². The summed E-state index contributed by atoms with van der Waals surface area (Å²) < 4.78 is 51.4. The van der Waals surface area contributed by atoms with E-state index in [-0.39, 0.29) is 16.8 Å². The molecule has 1 amide bonds. The molecular formula is C16H16F2N2O3S. The summed E-state index contributed by atoms with van der Waals surface area (Å²) in [7, 11) is -3.46. The molecule has 0 spiro atoms. The van der Waals surface area contributed by atoms with Crippen LogP contribution in [0.25, 0.3) is 0 Å². The van der Waals surface area contributed by atoms with E-state index in [0.717, 1.165) is 18.4 Å². The smallest absolute Gasteiger partial charge is 0.251 e. The second-order valence-electron chi connectivity index (χ2n) is 5.32. The minimum atomic E-state index is -3.46. The minimum Gasteiger partial charge on any atom is -0.345 e. The van der Waals surface area contributed by atoms with E-state index in [0.29, 0.717) is 0 Å². The van der Waals surface area contributed by atoms with E-state index in [4.69, 9.17) is 0 Å². The molecule has 2 aromatic rings. The lowest BCUT2D eigenvalue weighted by Crippen LogP contribution is -2.27. The Kier molecular flexibility index (Phi) is 5.18. The Hall–Kier alpha value is -2.48. The van der Waals surface area contributed by atoms with Gasteiger partial charge in [0.05, 0.1) is 12.3 Å². The van der Waals surface area contributed by atoms with Crippen molar-refractivity contribution in [3.05, 3.63) is 65.2 Å². The summed E-state index contributed by atoms with van der Waals surface area (Å²) in [6, 6.07) is 8.31. The molecule has 0 heterocycles. The first-order chi connectivity index (χ1) is 11.2. The number of amides is 1. The Morgan fingerprint density at radius 2 is 1.83 bits per heavy atom. The second kappa shape index (κ2) is 6.96. The second-order valence-corrected chi connectivity index (χ2v) is 7.06. The zero-order chi connectivity index (χ0) is 17.9. The van der Waals surface area contributed by atoms with E-state index in [1.807, 2.05) is 0 Å². The number of halogens is 2. The van der Waals surface area contributed by atoms with Gasteiger partial charge in [0.1, 0.15) is 11.6 Å². The standard InChI is InChI=1S/C16H16F2N2O3S/c1-10(14-7-6-12(17)9-15(14)18)19-16(21)11-4-3-5-13(8-11)20-24(2,22)23/h3-10,20H,1-2H3,(H,19,21)/t10-/m0/s1. The Morgan fingerprint density at radius 1 is 1.12 bits per heavy atom. The molecule has 5 nitrogen and oxygen atoms in total. The molecule has 0 saturated heterocycles. The van der Waals surface area contributed by atoms with Crippen LogP contribution in [0, 0.1) is 11.6 Å². The van der Waals surface area contributed by atoms with E-state index < -0.39 is 33.6 Å². The number of hydrogen-bond donors (Lipinski definition) is 2. The van der Waals surface area contributed by atoms with Crippen molar-refractivity contribution >= 4 is 21.6 Å². The Balaban J connectivity index is 2.16. The summed E-state index contributed by atoms with van der Waals surface area (Å²) in [6.45, 7) is 1.56. The van der Waals surface area contributed by atoms with Gasteiger partial charge in [0, 0.05) is 22.9 Å². The highest BCUT2D eigenvalue weighted by Gasteiger charge is 2.16. The van der Waals surface area contributed by atoms with Crippen LogP contribution in [0.3, 0.4) is 0 Å². The van der Waals surface area contributed by atoms with Gasteiger partial charge in [-0.2, -0.15) is 0 Å². The van der Waals surface area contributed by atoms with E-state index in [9.17, 15) is 22.0 Å². The Labute approximate surface area is 138 Å². The van der Waals surface area contributed by atoms with Crippen molar-refractivity contribution in [3.8, 4) is 0 Å². The quantitative estimate of drug-likeness (QED) is 0.867. The summed E-state index contributed by atoms with van der Waals surface area (Å²) in [6.07, 6.45) is 0.999. The predicted molar refractivity (Wildman–Crippen MR) is 87.1 cm³/mol. The molecule has 0 aliphatic rings. The number of carbonyl (C=O) groups is 1. The third kappa shape index (κ3) is 4.76. The van der Waals surface area contributed by atoms with Crippen molar-refractivity contribution in [2.24, 2.45) is 0 Å². The van der Waals surface area contributed by atoms with Crippen LogP contribution in [0.4, 0.5) is 14.5 Å². The molecule has 8 heteroatoms. The van der Waals surface area contributed by atoms with Crippen LogP contribution in [0.2, 0.25) is 0 Å². The van der Waals surface area contributed by atoms with E-state index in [1.54, 1.807) is 6.92 Å². The monoisotopic (exact) mass is 354 g/mol. The molecule has 2 N–H and O–H groups in total. The first-order valence-corrected chi connectivity index (χ1v) is 8.88. The van der Waals surface area contributed by atoms with Crippen molar-refractivity contribution in [1.82, 2.24) is 5.32 Å². The average Bonchev–Trinajstić information content (AvgIpc) is 2.45. The molecule has 2 rings (SSSR count). The van der Waals surface area contributed by atoms with Gasteiger partial charge in [0.15, 0.2) is 0 Å². The topological polar surface area (TPSA) is 75.3 Å². The number of nitrogens with one attached hydrogen (secondary N) is 2. The van der Waals surface area contributed by atoms with Crippen molar-refractivity contribution in [3.63, 3.8) is 0 Å². The fraction of sp³-hybridized carbons (Fsp3) is 0.188. The maximum absolute atomic E-state index is 13.7. The lowest BCUT2D eigenvalue weighted by atomic mass is 10.1. The summed E-state index contributed by atoms with van der Waals surface area (Å²) in [5.41, 5.74) is 0.596. The summed E-state index contributed by atoms with van der Waals surface area (Å²) >= 11 is 0. The highest BCUT2D eigenvalue weighted by atomic mass is 32.2. The van der Waals surface area contributed by atoms with Crippen LogP contribution >= 0.6 is 0 Å². The van der Waals surface area contributed by atoms with Crippen LogP contribution < -0.4 is 10.0 Å². The van der Waals surface area contributed by atoms with Crippen molar-refractivity contribution < 1.29 is 22.0 Å². The van der Waals surface area contributed by atoms with Crippen molar-refractivity contribution in [2.75, 3.05) is 11.0 Å². The van der Waals surface area contributed by atoms with E-state index >= 15 is 0 Å². The van der Waals surface area contributed by atoms with Gasteiger partial charge in [0.25, 0.3) is 5.91 Å². The minimum absolute atomic E-state index is 0.148. The Morgan fingerprint density at radius 3 is 2.46 bits per heavy atom. The number of benzene rings is 2. The predicted octanol–water partition coefficient (Wildman–Crippen LogP) is 2.83. The largest absolute Gasteiger partial charge is 0.345 e. The third-order valence-corrected chi connectivity index (χ3v) is 3.81. The van der Waals surface area contributed by atoms with Gasteiger partial charge in [-0.3, -0.25) is 9.52 Å². The number of rotatable bonds is 5. The summed E-state index contributed by atoms with van der Waals surface area (Å²) in [4.78, 5) is 12.2. The zero-order valence-corrected chi connectivity index (χ0v) is 13.8. The normalized spacial score (nSPS) is 12.5. The molecule has 0 aliphatic carbocycles. The van der Waals surface area contributed by atoms with Crippen LogP contribution in [-0.2, 0) is 10.0 Å². The molecular weight excluding hydrogens is 338 g/mol. The number of hydrogen-bond acceptors (Lipinski definition) is 3. The average molecular weight is 354 g/mol. The van der Waals surface area contributed by atoms with E-state index in [1.165, 1.54) is 30.3 Å². The molecule has 24 heavy (non-hydrogen) atoms. The molecule has 0 bridgehead atoms. The summed E-state index contributed by atoms with van der Waals surface area (Å²) in [5.74, 6) is -1.96. The summed E-state index contributed by atoms with van der Waals surface area (Å²) in [5, 5.41) is 2.58. The van der Waals surface area contributed by atoms with Crippen molar-refractivity contribution in [2.45, 2.75) is 13.0 Å². The molecule has 1 atom stereocenters. The lowest BCUT2D eigenvalue weighted by molar-refractivity contribution is 0.0939. The number of sulfonamides is 1. The fourth-order valence-corrected chi connectivity index (χ4v) is 2.70. The van der Waals surface area contributed by atoms with Crippen LogP contribution in [0.5, 0.6) is 0 Å². The van der Waals surface area contributed by atoms with Crippen molar-refractivity contribution in [1.29, 1.82) is 0 Å². The molecule has 0 radical (unpaired) electrons. The first kappa shape index (κ1) is 17.9.